The highest BCUT2D eigenvalue weighted by Crippen LogP contribution is 2.38. The third-order valence-corrected chi connectivity index (χ3v) is 8.80. The summed E-state index contributed by atoms with van der Waals surface area (Å²) >= 11 is 7.76. The molecule has 224 valence electrons. The molecular weight excluding hydrogens is 587 g/mol. The van der Waals surface area contributed by atoms with Gasteiger partial charge in [0.1, 0.15) is 17.9 Å². The number of methoxy groups -OCH3 is 1. The van der Waals surface area contributed by atoms with Crippen LogP contribution in [0.25, 0.3) is 0 Å². The van der Waals surface area contributed by atoms with E-state index in [1.807, 2.05) is 18.7 Å². The summed E-state index contributed by atoms with van der Waals surface area (Å²) in [6.07, 6.45) is 1.63. The smallest absolute Gasteiger partial charge is 0.338 e. The Morgan fingerprint density at radius 3 is 2.74 bits per heavy atom. The van der Waals surface area contributed by atoms with E-state index in [-0.39, 0.29) is 41.4 Å². The molecule has 0 spiro atoms. The van der Waals surface area contributed by atoms with Crippen LogP contribution >= 0.6 is 22.9 Å². The van der Waals surface area contributed by atoms with Crippen molar-refractivity contribution in [2.75, 3.05) is 39.9 Å². The van der Waals surface area contributed by atoms with Crippen LogP contribution < -0.4 is 5.32 Å². The van der Waals surface area contributed by atoms with Gasteiger partial charge in [-0.1, -0.05) is 23.7 Å². The summed E-state index contributed by atoms with van der Waals surface area (Å²) in [5.41, 5.74) is 0.837. The van der Waals surface area contributed by atoms with Crippen LogP contribution in [0, 0.1) is 5.82 Å². The Morgan fingerprint density at radius 2 is 2.07 bits per heavy atom. The van der Waals surface area contributed by atoms with E-state index in [2.05, 4.69) is 10.3 Å². The van der Waals surface area contributed by atoms with E-state index < -0.39 is 35.9 Å². The number of hydrogen-bond acceptors (Lipinski definition) is 10. The molecule has 1 aromatic heterocycles. The Balaban J connectivity index is 1.60. The van der Waals surface area contributed by atoms with Crippen LogP contribution in [-0.4, -0.2) is 102 Å². The zero-order valence-electron chi connectivity index (χ0n) is 23.7. The van der Waals surface area contributed by atoms with Crippen LogP contribution in [0.5, 0.6) is 0 Å². The largest absolute Gasteiger partial charge is 0.468 e. The van der Waals surface area contributed by atoms with Gasteiger partial charge in [0.2, 0.25) is 0 Å². The second kappa shape index (κ2) is 12.4. The number of ether oxygens (including phenoxy) is 2. The maximum Gasteiger partial charge on any atom is 0.338 e. The van der Waals surface area contributed by atoms with Crippen molar-refractivity contribution < 1.29 is 28.2 Å². The van der Waals surface area contributed by atoms with Gasteiger partial charge in [0.05, 0.1) is 30.4 Å². The molecule has 3 aliphatic rings. The molecular formula is C28H32ClFN6O5S. The van der Waals surface area contributed by atoms with E-state index in [9.17, 15) is 18.8 Å². The maximum absolute atomic E-state index is 14.6. The number of esters is 2. The number of hydrogen-bond donors (Lipinski definition) is 1. The average molecular weight is 619 g/mol. The molecule has 1 aromatic carbocycles. The molecule has 3 aliphatic heterocycles. The highest BCUT2D eigenvalue weighted by molar-refractivity contribution is 7.11. The molecule has 0 saturated carbocycles. The summed E-state index contributed by atoms with van der Waals surface area (Å²) in [6.45, 7) is 6.81. The lowest BCUT2D eigenvalue weighted by atomic mass is 9.94. The first-order valence-electron chi connectivity index (χ1n) is 13.6. The van der Waals surface area contributed by atoms with Crippen molar-refractivity contribution >= 4 is 46.7 Å². The van der Waals surface area contributed by atoms with Crippen LogP contribution in [-0.2, 0) is 19.1 Å². The van der Waals surface area contributed by atoms with Gasteiger partial charge in [0.15, 0.2) is 10.8 Å². The molecule has 2 aromatic rings. The molecule has 0 bridgehead atoms. The minimum Gasteiger partial charge on any atom is -0.468 e. The first kappa shape index (κ1) is 29.9. The first-order valence-corrected chi connectivity index (χ1v) is 14.9. The molecule has 4 heterocycles. The zero-order valence-corrected chi connectivity index (χ0v) is 25.2. The van der Waals surface area contributed by atoms with Gasteiger partial charge < -0.3 is 24.6 Å². The molecule has 0 radical (unpaired) electrons. The second-order valence-corrected chi connectivity index (χ2v) is 11.6. The van der Waals surface area contributed by atoms with E-state index in [0.717, 1.165) is 0 Å². The molecule has 1 N–H and O–H groups in total. The van der Waals surface area contributed by atoms with Crippen LogP contribution in [0.4, 0.5) is 9.18 Å². The second-order valence-electron chi connectivity index (χ2n) is 10.3. The predicted molar refractivity (Wildman–Crippen MR) is 155 cm³/mol. The lowest BCUT2D eigenvalue weighted by molar-refractivity contribution is -0.150. The number of amidine groups is 1. The molecule has 11 nitrogen and oxygen atoms in total. The molecule has 5 rings (SSSR count). The van der Waals surface area contributed by atoms with Gasteiger partial charge in [-0.2, -0.15) is 0 Å². The number of rotatable bonds is 8. The normalized spacial score (nSPS) is 22.7. The van der Waals surface area contributed by atoms with Crippen LogP contribution in [0.3, 0.4) is 0 Å². The van der Waals surface area contributed by atoms with E-state index in [1.54, 1.807) is 34.4 Å². The Kier molecular flexibility index (Phi) is 8.81. The zero-order chi connectivity index (χ0) is 30.1. The van der Waals surface area contributed by atoms with Crippen LogP contribution in [0.2, 0.25) is 5.02 Å². The Bertz CT molecular complexity index is 1430. The van der Waals surface area contributed by atoms with E-state index >= 15 is 0 Å². The van der Waals surface area contributed by atoms with Crippen molar-refractivity contribution in [1.82, 2.24) is 25.0 Å². The number of nitrogens with zero attached hydrogens (tertiary/aromatic N) is 5. The molecule has 0 aliphatic carbocycles. The summed E-state index contributed by atoms with van der Waals surface area (Å²) < 4.78 is 25.3. The van der Waals surface area contributed by atoms with Crippen LogP contribution in [0.1, 0.15) is 37.4 Å². The topological polar surface area (TPSA) is 117 Å². The van der Waals surface area contributed by atoms with Crippen molar-refractivity contribution in [3.63, 3.8) is 0 Å². The van der Waals surface area contributed by atoms with E-state index in [0.29, 0.717) is 36.2 Å². The Labute approximate surface area is 251 Å². The van der Waals surface area contributed by atoms with Gasteiger partial charge >= 0.3 is 18.0 Å². The van der Waals surface area contributed by atoms with E-state index in [1.165, 1.54) is 30.6 Å². The van der Waals surface area contributed by atoms with Gasteiger partial charge in [0, 0.05) is 55.1 Å². The number of carbonyl (C=O) groups excluding carboxylic acids is 3. The Hall–Kier alpha value is -3.55. The summed E-state index contributed by atoms with van der Waals surface area (Å²) in [6, 6.07) is 1.93. The van der Waals surface area contributed by atoms with Crippen molar-refractivity contribution in [2.45, 2.75) is 44.9 Å². The minimum atomic E-state index is -1.01. The first-order chi connectivity index (χ1) is 20.2. The van der Waals surface area contributed by atoms with Crippen molar-refractivity contribution in [1.29, 1.82) is 0 Å². The molecule has 14 heteroatoms. The molecule has 2 saturated heterocycles. The summed E-state index contributed by atoms with van der Waals surface area (Å²) in [5, 5.41) is 5.44. The van der Waals surface area contributed by atoms with Gasteiger partial charge in [-0.15, -0.1) is 11.3 Å². The number of aromatic nitrogens is 1. The number of piperazine rings is 1. The molecule has 42 heavy (non-hydrogen) atoms. The van der Waals surface area contributed by atoms with Crippen molar-refractivity contribution in [3.05, 3.63) is 62.5 Å². The number of carbonyl (C=O) groups is 3. The van der Waals surface area contributed by atoms with Gasteiger partial charge in [0.25, 0.3) is 0 Å². The highest BCUT2D eigenvalue weighted by Gasteiger charge is 2.51. The average Bonchev–Trinajstić information content (AvgIpc) is 3.62. The lowest BCUT2D eigenvalue weighted by Crippen LogP contribution is -2.62. The fraction of sp³-hybridized carbons (Fsp3) is 0.464. The number of fused-ring (bicyclic) bond motifs is 1. The van der Waals surface area contributed by atoms with Gasteiger partial charge in [-0.25, -0.2) is 19.0 Å². The van der Waals surface area contributed by atoms with Gasteiger partial charge in [-0.3, -0.25) is 14.7 Å². The third kappa shape index (κ3) is 5.48. The number of halogens is 2. The summed E-state index contributed by atoms with van der Waals surface area (Å²) in [7, 11) is 1.31. The third-order valence-electron chi connectivity index (χ3n) is 7.62. The molecule has 2 fully saturated rings. The van der Waals surface area contributed by atoms with Crippen molar-refractivity contribution in [2.24, 2.45) is 4.99 Å². The van der Waals surface area contributed by atoms with Crippen molar-refractivity contribution in [3.8, 4) is 0 Å². The summed E-state index contributed by atoms with van der Waals surface area (Å²) in [5.74, 6) is -1.42. The quantitative estimate of drug-likeness (QED) is 0.449. The number of amides is 2. The van der Waals surface area contributed by atoms with E-state index in [4.69, 9.17) is 26.1 Å². The lowest BCUT2D eigenvalue weighted by Gasteiger charge is -2.43. The molecule has 3 atom stereocenters. The maximum atomic E-state index is 14.6. The summed E-state index contributed by atoms with van der Waals surface area (Å²) in [4.78, 5) is 54.4. The number of nitrogens with one attached hydrogen (secondary N) is 1. The number of thiazole rings is 1. The number of aliphatic imine (C=N–C) groups is 1. The molecule has 0 unspecified atom stereocenters. The fourth-order valence-corrected chi connectivity index (χ4v) is 6.47. The minimum absolute atomic E-state index is 0.0400. The number of benzene rings is 1. The van der Waals surface area contributed by atoms with Crippen LogP contribution in [0.15, 0.2) is 46.0 Å². The highest BCUT2D eigenvalue weighted by atomic mass is 35.5. The standard InChI is InChI=1S/C28H32ClFN6O5S/c1-5-41-26(37)20-18(13-34-10-11-35-19(23(34)27(38)40-4)14-36(15(2)3)28(35)39)32-24(25-31-9-12-42-25)33-22(20)16-7-6-8-17(30)21(16)29/h6-9,12,15,19,22-23H,5,10-11,13-14H2,1-4H3,(H,32,33)/t19-,22+,23+/m1/s1. The monoisotopic (exact) mass is 618 g/mol. The SMILES string of the molecule is CCOC(=O)C1=C(CN2CCN3C(=O)N(C(C)C)C[C@@H]3[C@H]2C(=O)OC)NC(c2nccs2)=N[C@H]1c1cccc(F)c1Cl. The Morgan fingerprint density at radius 1 is 1.29 bits per heavy atom. The number of urea groups is 1. The molecule has 2 amide bonds. The predicted octanol–water partition coefficient (Wildman–Crippen LogP) is 3.22. The van der Waals surface area contributed by atoms with Gasteiger partial charge in [-0.05, 0) is 26.8 Å². The fourth-order valence-electron chi connectivity index (χ4n) is 5.65.